The van der Waals surface area contributed by atoms with Crippen LogP contribution in [0, 0.1) is 11.3 Å². The third kappa shape index (κ3) is 3.48. The van der Waals surface area contributed by atoms with Gasteiger partial charge in [0.15, 0.2) is 0 Å². The van der Waals surface area contributed by atoms with E-state index in [-0.39, 0.29) is 0 Å². The Kier molecular flexibility index (Phi) is 3.81. The van der Waals surface area contributed by atoms with E-state index in [9.17, 15) is 4.79 Å². The van der Waals surface area contributed by atoms with E-state index in [4.69, 9.17) is 0 Å². The van der Waals surface area contributed by atoms with Gasteiger partial charge in [-0.15, -0.1) is 0 Å². The number of likely N-dealkylation sites (tertiary alicyclic amines) is 1. The molecule has 0 aromatic carbocycles. The van der Waals surface area contributed by atoms with Gasteiger partial charge in [0.2, 0.25) is 5.91 Å². The van der Waals surface area contributed by atoms with Crippen molar-refractivity contribution in [1.82, 2.24) is 15.5 Å². The molecule has 2 aliphatic heterocycles. The molecule has 4 heteroatoms. The van der Waals surface area contributed by atoms with Crippen LogP contribution in [0.25, 0.3) is 0 Å². The minimum Gasteiger partial charge on any atom is -0.353 e. The third-order valence-corrected chi connectivity index (χ3v) is 4.94. The van der Waals surface area contributed by atoms with Gasteiger partial charge in [0, 0.05) is 38.1 Å². The smallest absolute Gasteiger partial charge is 0.223 e. The van der Waals surface area contributed by atoms with Gasteiger partial charge in [0.25, 0.3) is 0 Å². The van der Waals surface area contributed by atoms with Crippen LogP contribution in [0.3, 0.4) is 0 Å². The fourth-order valence-corrected chi connectivity index (χ4v) is 3.44. The average Bonchev–Trinajstić information content (AvgIpc) is 3.16. The molecule has 1 unspecified atom stereocenters. The summed E-state index contributed by atoms with van der Waals surface area (Å²) in [6.45, 7) is 8.23. The van der Waals surface area contributed by atoms with Gasteiger partial charge < -0.3 is 15.5 Å². The highest BCUT2D eigenvalue weighted by Gasteiger charge is 2.34. The van der Waals surface area contributed by atoms with E-state index in [1.54, 1.807) is 0 Å². The minimum absolute atomic E-state index is 0.311. The maximum absolute atomic E-state index is 11.8. The van der Waals surface area contributed by atoms with Crippen LogP contribution in [-0.4, -0.2) is 49.6 Å². The SMILES string of the molecule is CC1(CN2CCC(NC(=O)C3CC3)CC2)CCNC1. The number of nitrogens with one attached hydrogen (secondary N) is 2. The molecule has 0 bridgehead atoms. The number of carbonyl (C=O) groups excluding carboxylic acids is 1. The lowest BCUT2D eigenvalue weighted by Gasteiger charge is -2.37. The molecule has 0 radical (unpaired) electrons. The molecular formula is C15H27N3O. The van der Waals surface area contributed by atoms with Crippen molar-refractivity contribution in [2.45, 2.75) is 45.1 Å². The Balaban J connectivity index is 1.40. The second-order valence-electron chi connectivity index (χ2n) is 7.07. The predicted octanol–water partition coefficient (Wildman–Crippen LogP) is 0.977. The van der Waals surface area contributed by atoms with Crippen molar-refractivity contribution < 1.29 is 4.79 Å². The van der Waals surface area contributed by atoms with Gasteiger partial charge in [-0.05, 0) is 44.1 Å². The molecule has 1 amide bonds. The largest absolute Gasteiger partial charge is 0.353 e. The van der Waals surface area contributed by atoms with Gasteiger partial charge in [-0.1, -0.05) is 6.92 Å². The molecule has 2 heterocycles. The van der Waals surface area contributed by atoms with E-state index in [2.05, 4.69) is 22.5 Å². The first-order valence-electron chi connectivity index (χ1n) is 7.88. The number of hydrogen-bond donors (Lipinski definition) is 2. The van der Waals surface area contributed by atoms with Crippen molar-refractivity contribution in [2.75, 3.05) is 32.7 Å². The molecule has 1 aliphatic carbocycles. The van der Waals surface area contributed by atoms with Crippen molar-refractivity contribution in [3.63, 3.8) is 0 Å². The molecule has 2 N–H and O–H groups in total. The molecule has 108 valence electrons. The summed E-state index contributed by atoms with van der Waals surface area (Å²) < 4.78 is 0. The van der Waals surface area contributed by atoms with Crippen LogP contribution in [0.2, 0.25) is 0 Å². The maximum atomic E-state index is 11.8. The summed E-state index contributed by atoms with van der Waals surface area (Å²) in [5, 5.41) is 6.70. The zero-order valence-corrected chi connectivity index (χ0v) is 12.1. The number of nitrogens with zero attached hydrogens (tertiary/aromatic N) is 1. The lowest BCUT2D eigenvalue weighted by molar-refractivity contribution is -0.123. The molecule has 3 rings (SSSR count). The first kappa shape index (κ1) is 13.4. The van der Waals surface area contributed by atoms with Crippen LogP contribution in [0.15, 0.2) is 0 Å². The summed E-state index contributed by atoms with van der Waals surface area (Å²) in [6.07, 6.45) is 5.77. The number of rotatable bonds is 4. The highest BCUT2D eigenvalue weighted by Crippen LogP contribution is 2.30. The van der Waals surface area contributed by atoms with Gasteiger partial charge in [-0.3, -0.25) is 4.79 Å². The predicted molar refractivity (Wildman–Crippen MR) is 75.9 cm³/mol. The van der Waals surface area contributed by atoms with Crippen LogP contribution in [0.1, 0.15) is 39.0 Å². The van der Waals surface area contributed by atoms with E-state index in [1.807, 2.05) is 0 Å². The molecule has 19 heavy (non-hydrogen) atoms. The Hall–Kier alpha value is -0.610. The zero-order valence-electron chi connectivity index (χ0n) is 12.1. The Morgan fingerprint density at radius 2 is 2.05 bits per heavy atom. The van der Waals surface area contributed by atoms with E-state index >= 15 is 0 Å². The second kappa shape index (κ2) is 5.41. The quantitative estimate of drug-likeness (QED) is 0.796. The number of carbonyl (C=O) groups is 1. The van der Waals surface area contributed by atoms with E-state index in [1.165, 1.54) is 19.5 Å². The zero-order chi connectivity index (χ0) is 13.3. The van der Waals surface area contributed by atoms with Crippen molar-refractivity contribution in [3.8, 4) is 0 Å². The van der Waals surface area contributed by atoms with Crippen LogP contribution in [-0.2, 0) is 4.79 Å². The third-order valence-electron chi connectivity index (χ3n) is 4.94. The number of hydrogen-bond acceptors (Lipinski definition) is 3. The molecule has 0 aromatic rings. The van der Waals surface area contributed by atoms with Crippen LogP contribution < -0.4 is 10.6 Å². The summed E-state index contributed by atoms with van der Waals surface area (Å²) >= 11 is 0. The first-order valence-corrected chi connectivity index (χ1v) is 7.88. The van der Waals surface area contributed by atoms with Crippen molar-refractivity contribution in [1.29, 1.82) is 0 Å². The van der Waals surface area contributed by atoms with Crippen molar-refractivity contribution in [3.05, 3.63) is 0 Å². The summed E-state index contributed by atoms with van der Waals surface area (Å²) in [5.74, 6) is 0.659. The van der Waals surface area contributed by atoms with Crippen molar-refractivity contribution in [2.24, 2.45) is 11.3 Å². The molecule has 2 saturated heterocycles. The molecular weight excluding hydrogens is 238 g/mol. The minimum atomic E-state index is 0.311. The first-order chi connectivity index (χ1) is 9.15. The topological polar surface area (TPSA) is 44.4 Å². The van der Waals surface area contributed by atoms with E-state index in [0.717, 1.165) is 45.3 Å². The Morgan fingerprint density at radius 1 is 1.32 bits per heavy atom. The summed E-state index contributed by atoms with van der Waals surface area (Å²) in [4.78, 5) is 14.3. The highest BCUT2D eigenvalue weighted by atomic mass is 16.2. The van der Waals surface area contributed by atoms with Crippen molar-refractivity contribution >= 4 is 5.91 Å². The maximum Gasteiger partial charge on any atom is 0.223 e. The number of piperidine rings is 1. The summed E-state index contributed by atoms with van der Waals surface area (Å²) in [6, 6.07) is 0.429. The lowest BCUT2D eigenvalue weighted by Crippen LogP contribution is -2.48. The van der Waals surface area contributed by atoms with Gasteiger partial charge in [0.05, 0.1) is 0 Å². The second-order valence-corrected chi connectivity index (χ2v) is 7.07. The molecule has 3 fully saturated rings. The molecule has 0 aromatic heterocycles. The molecule has 4 nitrogen and oxygen atoms in total. The van der Waals surface area contributed by atoms with Crippen LogP contribution in [0.5, 0.6) is 0 Å². The monoisotopic (exact) mass is 265 g/mol. The fourth-order valence-electron chi connectivity index (χ4n) is 3.44. The average molecular weight is 265 g/mol. The normalized spacial score (nSPS) is 33.5. The number of amides is 1. The highest BCUT2D eigenvalue weighted by molar-refractivity contribution is 5.81. The Bertz CT molecular complexity index is 326. The van der Waals surface area contributed by atoms with E-state index < -0.39 is 0 Å². The molecule has 3 aliphatic rings. The van der Waals surface area contributed by atoms with Gasteiger partial charge in [-0.25, -0.2) is 0 Å². The van der Waals surface area contributed by atoms with Crippen LogP contribution in [0.4, 0.5) is 0 Å². The summed E-state index contributed by atoms with van der Waals surface area (Å²) in [7, 11) is 0. The molecule has 1 saturated carbocycles. The van der Waals surface area contributed by atoms with E-state index in [0.29, 0.717) is 23.3 Å². The van der Waals surface area contributed by atoms with Crippen LogP contribution >= 0.6 is 0 Å². The Morgan fingerprint density at radius 3 is 2.63 bits per heavy atom. The van der Waals surface area contributed by atoms with Gasteiger partial charge in [-0.2, -0.15) is 0 Å². The van der Waals surface area contributed by atoms with Gasteiger partial charge >= 0.3 is 0 Å². The molecule has 1 atom stereocenters. The molecule has 0 spiro atoms. The Labute approximate surface area is 116 Å². The standard InChI is InChI=1S/C15H27N3O/c1-15(6-7-16-10-15)11-18-8-4-13(5-9-18)17-14(19)12-2-3-12/h12-13,16H,2-11H2,1H3,(H,17,19). The lowest BCUT2D eigenvalue weighted by atomic mass is 9.88. The fraction of sp³-hybridized carbons (Fsp3) is 0.933. The summed E-state index contributed by atoms with van der Waals surface area (Å²) in [5.41, 5.74) is 0.462. The van der Waals surface area contributed by atoms with Gasteiger partial charge in [0.1, 0.15) is 0 Å².